The van der Waals surface area contributed by atoms with Gasteiger partial charge in [-0.25, -0.2) is 0 Å². The molecule has 1 aromatic heterocycles. The van der Waals surface area contributed by atoms with Crippen LogP contribution in [0.5, 0.6) is 0 Å². The van der Waals surface area contributed by atoms with E-state index in [1.165, 1.54) is 5.53 Å². The number of aromatic nitrogens is 2. The smallest absolute Gasteiger partial charge is 0.358 e. The van der Waals surface area contributed by atoms with E-state index in [9.17, 15) is 30.3 Å². The van der Waals surface area contributed by atoms with E-state index in [0.29, 0.717) is 6.07 Å². The highest BCUT2D eigenvalue weighted by molar-refractivity contribution is 5.31. The minimum Gasteiger partial charge on any atom is -0.358 e. The Labute approximate surface area is 79.5 Å². The average molecular weight is 218 g/mol. The van der Waals surface area contributed by atoms with Crippen molar-refractivity contribution in [3.05, 3.63) is 36.4 Å². The van der Waals surface area contributed by atoms with Gasteiger partial charge >= 0.3 is 11.6 Å². The van der Waals surface area contributed by atoms with Crippen LogP contribution in [0.25, 0.3) is 0 Å². The van der Waals surface area contributed by atoms with Crippen LogP contribution in [-0.4, -0.2) is 24.8 Å². The molecule has 0 saturated heterocycles. The second-order valence-electron chi connectivity index (χ2n) is 2.14. The third-order valence-corrected chi connectivity index (χ3v) is 1.23. The molecule has 12 nitrogen and oxygen atoms in total. The van der Waals surface area contributed by atoms with Gasteiger partial charge in [0, 0.05) is 0 Å². The highest BCUT2D eigenvalue weighted by atomic mass is 16.7. The van der Waals surface area contributed by atoms with Crippen LogP contribution < -0.4 is 5.53 Å². The van der Waals surface area contributed by atoms with E-state index in [-0.39, 0.29) is 4.79 Å². The SMILES string of the molecule is O=[N+]([O-])Nn1nc([N+](=O)[O-])cc1[N+](=O)[O-]. The molecule has 0 aromatic carbocycles. The van der Waals surface area contributed by atoms with Gasteiger partial charge in [-0.05, 0) is 15.4 Å². The minimum absolute atomic E-state index is 0.0954. The molecule has 0 saturated carbocycles. The molecule has 0 unspecified atom stereocenters. The van der Waals surface area contributed by atoms with Gasteiger partial charge in [0.1, 0.15) is 10.9 Å². The monoisotopic (exact) mass is 218 g/mol. The van der Waals surface area contributed by atoms with Gasteiger partial charge in [-0.3, -0.25) is 0 Å². The van der Waals surface area contributed by atoms with E-state index in [1.807, 2.05) is 0 Å². The summed E-state index contributed by atoms with van der Waals surface area (Å²) in [5.74, 6) is -1.77. The number of nitro groups is 3. The molecule has 0 aliphatic heterocycles. The zero-order valence-electron chi connectivity index (χ0n) is 6.76. The first-order chi connectivity index (χ1) is 6.91. The number of nitrogens with zero attached hydrogens (tertiary/aromatic N) is 5. The largest absolute Gasteiger partial charge is 0.423 e. The van der Waals surface area contributed by atoms with Crippen LogP contribution in [0.15, 0.2) is 6.07 Å². The maximum absolute atomic E-state index is 10.3. The Hall–Kier alpha value is -2.79. The van der Waals surface area contributed by atoms with Crippen LogP contribution in [0.2, 0.25) is 0 Å². The van der Waals surface area contributed by atoms with Crippen LogP contribution in [0.4, 0.5) is 11.6 Å². The molecular weight excluding hydrogens is 216 g/mol. The molecule has 1 rings (SSSR count). The number of hydrogen-bond acceptors (Lipinski definition) is 7. The van der Waals surface area contributed by atoms with Gasteiger partial charge in [0.25, 0.3) is 0 Å². The van der Waals surface area contributed by atoms with Gasteiger partial charge in [0.05, 0.1) is 5.03 Å². The summed E-state index contributed by atoms with van der Waals surface area (Å²) < 4.78 is 0. The molecule has 1 aromatic rings. The molecule has 0 amide bonds. The van der Waals surface area contributed by atoms with Crippen molar-refractivity contribution in [1.82, 2.24) is 9.89 Å². The molecular formula is C3H2N6O6. The quantitative estimate of drug-likeness (QED) is 0.519. The third-order valence-electron chi connectivity index (χ3n) is 1.23. The van der Waals surface area contributed by atoms with Crippen molar-refractivity contribution in [3.63, 3.8) is 0 Å². The second kappa shape index (κ2) is 3.52. The predicted octanol–water partition coefficient (Wildman–Crippen LogP) is -0.565. The first-order valence-corrected chi connectivity index (χ1v) is 3.21. The van der Waals surface area contributed by atoms with Crippen LogP contribution in [-0.2, 0) is 0 Å². The van der Waals surface area contributed by atoms with Gasteiger partial charge in [-0.1, -0.05) is 0 Å². The lowest BCUT2D eigenvalue weighted by atomic mass is 10.6. The fourth-order valence-electron chi connectivity index (χ4n) is 0.729. The molecule has 0 bridgehead atoms. The van der Waals surface area contributed by atoms with Gasteiger partial charge in [-0.15, -0.1) is 0 Å². The topological polar surface area (TPSA) is 159 Å². The van der Waals surface area contributed by atoms with Gasteiger partial charge < -0.3 is 30.3 Å². The summed E-state index contributed by atoms with van der Waals surface area (Å²) in [6.07, 6.45) is 0. The number of hydrazine groups is 1. The summed E-state index contributed by atoms with van der Waals surface area (Å²) in [6, 6.07) is 0.497. The molecule has 1 heterocycles. The molecule has 0 aliphatic carbocycles. The normalized spacial score (nSPS) is 9.60. The van der Waals surface area contributed by atoms with Gasteiger partial charge in [0.2, 0.25) is 0 Å². The predicted molar refractivity (Wildman–Crippen MR) is 41.9 cm³/mol. The van der Waals surface area contributed by atoms with Crippen LogP contribution in [0.3, 0.4) is 0 Å². The van der Waals surface area contributed by atoms with E-state index in [2.05, 4.69) is 5.10 Å². The minimum atomic E-state index is -1.14. The van der Waals surface area contributed by atoms with E-state index in [4.69, 9.17) is 0 Å². The van der Waals surface area contributed by atoms with E-state index in [1.54, 1.807) is 0 Å². The molecule has 80 valence electrons. The number of rotatable bonds is 4. The fraction of sp³-hybridized carbons (Fsp3) is 0. The Bertz CT molecular complexity index is 436. The summed E-state index contributed by atoms with van der Waals surface area (Å²) in [6.45, 7) is 0. The Kier molecular flexibility index (Phi) is 2.42. The summed E-state index contributed by atoms with van der Waals surface area (Å²) >= 11 is 0. The van der Waals surface area contributed by atoms with E-state index < -0.39 is 26.5 Å². The number of hydrogen-bond donors (Lipinski definition) is 1. The highest BCUT2D eigenvalue weighted by Gasteiger charge is 2.29. The Morgan fingerprint density at radius 1 is 1.20 bits per heavy atom. The average Bonchev–Trinajstić information content (AvgIpc) is 2.46. The zero-order valence-corrected chi connectivity index (χ0v) is 6.76. The Morgan fingerprint density at radius 2 is 1.80 bits per heavy atom. The fourth-order valence-corrected chi connectivity index (χ4v) is 0.729. The Balaban J connectivity index is 3.17. The molecule has 0 atom stereocenters. The summed E-state index contributed by atoms with van der Waals surface area (Å²) in [5, 5.41) is 32.3. The lowest BCUT2D eigenvalue weighted by Gasteiger charge is -1.93. The van der Waals surface area contributed by atoms with Crippen LogP contribution >= 0.6 is 0 Å². The third kappa shape index (κ3) is 2.11. The molecule has 0 radical (unpaired) electrons. The van der Waals surface area contributed by atoms with Crippen LogP contribution in [0, 0.1) is 30.3 Å². The molecule has 12 heteroatoms. The summed E-state index contributed by atoms with van der Waals surface area (Å²) in [4.78, 5) is 28.5. The molecule has 0 aliphatic rings. The molecule has 1 N–H and O–H groups in total. The first kappa shape index (κ1) is 10.3. The van der Waals surface area contributed by atoms with Crippen LogP contribution in [0.1, 0.15) is 0 Å². The maximum Gasteiger partial charge on any atom is 0.423 e. The van der Waals surface area contributed by atoms with Crippen molar-refractivity contribution in [3.8, 4) is 0 Å². The lowest BCUT2D eigenvalue weighted by molar-refractivity contribution is -0.469. The first-order valence-electron chi connectivity index (χ1n) is 3.21. The van der Waals surface area contributed by atoms with Crippen molar-refractivity contribution in [1.29, 1.82) is 0 Å². The van der Waals surface area contributed by atoms with Crippen molar-refractivity contribution in [2.24, 2.45) is 0 Å². The van der Waals surface area contributed by atoms with Crippen molar-refractivity contribution in [2.75, 3.05) is 5.53 Å². The summed E-state index contributed by atoms with van der Waals surface area (Å²) in [7, 11) is 0. The van der Waals surface area contributed by atoms with E-state index in [0.717, 1.165) is 0 Å². The zero-order chi connectivity index (χ0) is 11.6. The molecule has 0 fully saturated rings. The van der Waals surface area contributed by atoms with Gasteiger partial charge in [-0.2, -0.15) is 0 Å². The van der Waals surface area contributed by atoms with Crippen molar-refractivity contribution >= 4 is 11.6 Å². The van der Waals surface area contributed by atoms with Crippen molar-refractivity contribution in [2.45, 2.75) is 0 Å². The lowest BCUT2D eigenvalue weighted by Crippen LogP contribution is -2.23. The second-order valence-corrected chi connectivity index (χ2v) is 2.14. The number of nitrogens with one attached hydrogen (secondary N) is 1. The molecule has 0 spiro atoms. The Morgan fingerprint density at radius 3 is 2.20 bits per heavy atom. The summed E-state index contributed by atoms with van der Waals surface area (Å²) in [5.41, 5.74) is 1.31. The van der Waals surface area contributed by atoms with Crippen molar-refractivity contribution < 1.29 is 14.9 Å². The maximum atomic E-state index is 10.3. The highest BCUT2D eigenvalue weighted by Crippen LogP contribution is 2.17. The van der Waals surface area contributed by atoms with E-state index >= 15 is 0 Å². The van der Waals surface area contributed by atoms with Gasteiger partial charge in [0.15, 0.2) is 5.10 Å². The standard InChI is InChI=1S/C3H2N6O6/c10-7(11)2-1-3(8(12)13)6(4-2)5-9(14)15/h1,5H. The molecule has 15 heavy (non-hydrogen) atoms.